The van der Waals surface area contributed by atoms with Gasteiger partial charge in [-0.1, -0.05) is 26.8 Å². The van der Waals surface area contributed by atoms with Crippen LogP contribution in [0.2, 0.25) is 0 Å². The molecule has 0 unspecified atom stereocenters. The molecule has 124 valence electrons. The number of hydrogen-bond donors (Lipinski definition) is 2. The number of halogens is 1. The van der Waals surface area contributed by atoms with Crippen molar-refractivity contribution in [3.8, 4) is 5.75 Å². The van der Waals surface area contributed by atoms with E-state index in [2.05, 4.69) is 32.2 Å². The molecule has 0 aromatic heterocycles. The van der Waals surface area contributed by atoms with Crippen LogP contribution in [0.3, 0.4) is 0 Å². The number of nitrogens with two attached hydrogens (primary N) is 1. The lowest BCUT2D eigenvalue weighted by Gasteiger charge is -2.22. The summed E-state index contributed by atoms with van der Waals surface area (Å²) >= 11 is 0. The molecule has 0 saturated carbocycles. The van der Waals surface area contributed by atoms with E-state index < -0.39 is 6.17 Å². The van der Waals surface area contributed by atoms with E-state index in [0.29, 0.717) is 18.7 Å². The number of rotatable bonds is 7. The zero-order valence-electron chi connectivity index (χ0n) is 13.9. The highest BCUT2D eigenvalue weighted by Crippen LogP contribution is 2.28. The third-order valence-electron chi connectivity index (χ3n) is 3.31. The summed E-state index contributed by atoms with van der Waals surface area (Å²) < 4.78 is 18.8. The molecule has 0 heterocycles. The number of hydrogen-bond acceptors (Lipinski definition) is 3. The summed E-state index contributed by atoms with van der Waals surface area (Å²) in [6.07, 6.45) is -0.461. The van der Waals surface area contributed by atoms with Crippen molar-refractivity contribution >= 4 is 5.91 Å². The van der Waals surface area contributed by atoms with E-state index in [1.54, 1.807) is 0 Å². The lowest BCUT2D eigenvalue weighted by atomic mass is 9.85. The normalized spacial score (nSPS) is 12.8. The Labute approximate surface area is 132 Å². The van der Waals surface area contributed by atoms with Gasteiger partial charge in [-0.2, -0.15) is 0 Å². The Balaban J connectivity index is 2.88. The van der Waals surface area contributed by atoms with Gasteiger partial charge in [-0.05, 0) is 35.1 Å². The maximum atomic E-state index is 13.2. The molecule has 5 heteroatoms. The predicted molar refractivity (Wildman–Crippen MR) is 87.0 cm³/mol. The van der Waals surface area contributed by atoms with Gasteiger partial charge in [-0.25, -0.2) is 4.39 Å². The van der Waals surface area contributed by atoms with Crippen LogP contribution in [0.5, 0.6) is 5.75 Å². The monoisotopic (exact) mass is 310 g/mol. The van der Waals surface area contributed by atoms with Crippen LogP contribution in [0.4, 0.5) is 4.39 Å². The van der Waals surface area contributed by atoms with Gasteiger partial charge in [0.15, 0.2) is 0 Å². The highest BCUT2D eigenvalue weighted by molar-refractivity contribution is 5.72. The standard InChI is InChI=1S/C17H27FN2O2/c1-12(21)20-6-5-13-7-14(17(2,3)4)9-16(8-13)22-11-15(18)10-19/h7-9,15H,5-6,10-11,19H2,1-4H3,(H,20,21)/t15-/m1/s1. The second kappa shape index (κ2) is 8.13. The molecule has 1 amide bonds. The lowest BCUT2D eigenvalue weighted by molar-refractivity contribution is -0.118. The SMILES string of the molecule is CC(=O)NCCc1cc(OC[C@H](F)CN)cc(C(C)(C)C)c1. The Hall–Kier alpha value is -1.62. The van der Waals surface area contributed by atoms with Gasteiger partial charge in [0, 0.05) is 20.0 Å². The molecule has 0 fully saturated rings. The second-order valence-electron chi connectivity index (χ2n) is 6.49. The fourth-order valence-electron chi connectivity index (χ4n) is 1.96. The summed E-state index contributed by atoms with van der Waals surface area (Å²) in [5, 5.41) is 2.77. The Morgan fingerprint density at radius 1 is 1.36 bits per heavy atom. The molecule has 0 bridgehead atoms. The van der Waals surface area contributed by atoms with Crippen LogP contribution in [0.15, 0.2) is 18.2 Å². The van der Waals surface area contributed by atoms with Crippen molar-refractivity contribution in [1.29, 1.82) is 0 Å². The minimum Gasteiger partial charge on any atom is -0.490 e. The number of ether oxygens (including phenoxy) is 1. The van der Waals surface area contributed by atoms with Gasteiger partial charge in [0.2, 0.25) is 5.91 Å². The molecule has 1 atom stereocenters. The molecule has 1 aromatic carbocycles. The highest BCUT2D eigenvalue weighted by atomic mass is 19.1. The summed E-state index contributed by atoms with van der Waals surface area (Å²) in [6, 6.07) is 5.93. The third kappa shape index (κ3) is 6.43. The number of amides is 1. The van der Waals surface area contributed by atoms with Gasteiger partial charge in [0.25, 0.3) is 0 Å². The van der Waals surface area contributed by atoms with Gasteiger partial charge >= 0.3 is 0 Å². The van der Waals surface area contributed by atoms with E-state index in [1.807, 2.05) is 12.1 Å². The Kier molecular flexibility index (Phi) is 6.81. The van der Waals surface area contributed by atoms with E-state index >= 15 is 0 Å². The van der Waals surface area contributed by atoms with Crippen LogP contribution in [0.25, 0.3) is 0 Å². The fourth-order valence-corrected chi connectivity index (χ4v) is 1.96. The van der Waals surface area contributed by atoms with Crippen LogP contribution >= 0.6 is 0 Å². The molecule has 0 aliphatic rings. The summed E-state index contributed by atoms with van der Waals surface area (Å²) in [4.78, 5) is 10.9. The molecular weight excluding hydrogens is 283 g/mol. The summed E-state index contributed by atoms with van der Waals surface area (Å²) in [5.74, 6) is 0.591. The Morgan fingerprint density at radius 3 is 2.59 bits per heavy atom. The molecule has 4 nitrogen and oxygen atoms in total. The van der Waals surface area contributed by atoms with Gasteiger partial charge in [-0.3, -0.25) is 4.79 Å². The zero-order valence-corrected chi connectivity index (χ0v) is 13.9. The molecule has 1 aromatic rings. The van der Waals surface area contributed by atoms with Crippen molar-refractivity contribution in [3.05, 3.63) is 29.3 Å². The average molecular weight is 310 g/mol. The number of benzene rings is 1. The first-order valence-electron chi connectivity index (χ1n) is 7.58. The maximum Gasteiger partial charge on any atom is 0.216 e. The van der Waals surface area contributed by atoms with Crippen molar-refractivity contribution < 1.29 is 13.9 Å². The van der Waals surface area contributed by atoms with Gasteiger partial charge in [0.05, 0.1) is 0 Å². The Bertz CT molecular complexity index is 498. The highest BCUT2D eigenvalue weighted by Gasteiger charge is 2.16. The third-order valence-corrected chi connectivity index (χ3v) is 3.31. The van der Waals surface area contributed by atoms with Crippen molar-refractivity contribution in [2.75, 3.05) is 19.7 Å². The quantitative estimate of drug-likeness (QED) is 0.812. The topological polar surface area (TPSA) is 64.3 Å². The zero-order chi connectivity index (χ0) is 16.8. The van der Waals surface area contributed by atoms with Crippen LogP contribution in [-0.4, -0.2) is 31.8 Å². The molecule has 1 rings (SSSR count). The van der Waals surface area contributed by atoms with Crippen molar-refractivity contribution in [2.45, 2.75) is 45.7 Å². The molecule has 0 saturated heterocycles. The van der Waals surface area contributed by atoms with Gasteiger partial charge in [0.1, 0.15) is 18.5 Å². The molecule has 3 N–H and O–H groups in total. The Morgan fingerprint density at radius 2 is 2.05 bits per heavy atom. The van der Waals surface area contributed by atoms with E-state index in [1.165, 1.54) is 6.92 Å². The molecule has 0 aliphatic heterocycles. The lowest BCUT2D eigenvalue weighted by Crippen LogP contribution is -2.23. The first kappa shape index (κ1) is 18.4. The molecule has 0 spiro atoms. The summed E-state index contributed by atoms with van der Waals surface area (Å²) in [7, 11) is 0. The maximum absolute atomic E-state index is 13.2. The minimum atomic E-state index is -1.17. The van der Waals surface area contributed by atoms with E-state index in [-0.39, 0.29) is 24.5 Å². The van der Waals surface area contributed by atoms with Crippen LogP contribution < -0.4 is 15.8 Å². The second-order valence-corrected chi connectivity index (χ2v) is 6.49. The van der Waals surface area contributed by atoms with E-state index in [4.69, 9.17) is 10.5 Å². The number of alkyl halides is 1. The first-order chi connectivity index (χ1) is 10.2. The molecule has 0 aliphatic carbocycles. The number of nitrogens with one attached hydrogen (secondary N) is 1. The van der Waals surface area contributed by atoms with Crippen LogP contribution in [-0.2, 0) is 16.6 Å². The molecule has 22 heavy (non-hydrogen) atoms. The largest absolute Gasteiger partial charge is 0.490 e. The van der Waals surface area contributed by atoms with Crippen molar-refractivity contribution in [3.63, 3.8) is 0 Å². The fraction of sp³-hybridized carbons (Fsp3) is 0.588. The van der Waals surface area contributed by atoms with E-state index in [9.17, 15) is 9.18 Å². The summed E-state index contributed by atoms with van der Waals surface area (Å²) in [6.45, 7) is 8.31. The summed E-state index contributed by atoms with van der Waals surface area (Å²) in [5.41, 5.74) is 7.40. The average Bonchev–Trinajstić information content (AvgIpc) is 2.43. The predicted octanol–water partition coefficient (Wildman–Crippen LogP) is 2.34. The van der Waals surface area contributed by atoms with Gasteiger partial charge < -0.3 is 15.8 Å². The number of carbonyl (C=O) groups excluding carboxylic acids is 1. The molecular formula is C17H27FN2O2. The first-order valence-corrected chi connectivity index (χ1v) is 7.58. The number of carbonyl (C=O) groups is 1. The van der Waals surface area contributed by atoms with E-state index in [0.717, 1.165) is 11.1 Å². The van der Waals surface area contributed by atoms with Crippen molar-refractivity contribution in [2.24, 2.45) is 5.73 Å². The van der Waals surface area contributed by atoms with Gasteiger partial charge in [-0.15, -0.1) is 0 Å². The smallest absolute Gasteiger partial charge is 0.216 e. The molecule has 0 radical (unpaired) electrons. The van der Waals surface area contributed by atoms with Crippen LogP contribution in [0.1, 0.15) is 38.8 Å². The van der Waals surface area contributed by atoms with Crippen LogP contribution in [0, 0.1) is 0 Å². The minimum absolute atomic E-state index is 0.0366. The van der Waals surface area contributed by atoms with Crippen molar-refractivity contribution in [1.82, 2.24) is 5.32 Å².